The normalized spacial score (nSPS) is 18.7. The second-order valence-electron chi connectivity index (χ2n) is 7.44. The third-order valence-electron chi connectivity index (χ3n) is 5.29. The van der Waals surface area contributed by atoms with Crippen LogP contribution in [0.2, 0.25) is 0 Å². The van der Waals surface area contributed by atoms with Gasteiger partial charge in [-0.2, -0.15) is 5.10 Å². The number of rotatable bonds is 4. The summed E-state index contributed by atoms with van der Waals surface area (Å²) in [5.41, 5.74) is 2.28. The Bertz CT molecular complexity index is 970. The summed E-state index contributed by atoms with van der Waals surface area (Å²) < 4.78 is 1.86. The monoisotopic (exact) mass is 397 g/mol. The molecular formula is C20H23N5O4. The van der Waals surface area contributed by atoms with Crippen LogP contribution in [0.15, 0.2) is 30.3 Å². The number of carbonyl (C=O) groups is 3. The molecule has 152 valence electrons. The van der Waals surface area contributed by atoms with Gasteiger partial charge in [-0.15, -0.1) is 0 Å². The number of phenols is 1. The second kappa shape index (κ2) is 7.57. The van der Waals surface area contributed by atoms with Gasteiger partial charge in [-0.3, -0.25) is 19.1 Å². The summed E-state index contributed by atoms with van der Waals surface area (Å²) >= 11 is 0. The van der Waals surface area contributed by atoms with E-state index in [9.17, 15) is 19.5 Å². The van der Waals surface area contributed by atoms with Gasteiger partial charge in [0.2, 0.25) is 17.7 Å². The molecule has 1 saturated heterocycles. The highest BCUT2D eigenvalue weighted by molar-refractivity contribution is 6.00. The molecule has 0 radical (unpaired) electrons. The number of phenolic OH excluding ortho intramolecular Hbond substituents is 1. The molecule has 1 aromatic carbocycles. The average Bonchev–Trinajstić information content (AvgIpc) is 3.28. The van der Waals surface area contributed by atoms with Gasteiger partial charge < -0.3 is 20.2 Å². The van der Waals surface area contributed by atoms with E-state index in [0.29, 0.717) is 38.4 Å². The third kappa shape index (κ3) is 3.94. The highest BCUT2D eigenvalue weighted by atomic mass is 16.3. The molecule has 9 heteroatoms. The lowest BCUT2D eigenvalue weighted by molar-refractivity contribution is -0.137. The van der Waals surface area contributed by atoms with Gasteiger partial charge >= 0.3 is 0 Å². The fourth-order valence-electron chi connectivity index (χ4n) is 3.86. The largest absolute Gasteiger partial charge is 0.508 e. The van der Waals surface area contributed by atoms with Crippen molar-refractivity contribution in [1.29, 1.82) is 0 Å². The molecule has 1 aromatic heterocycles. The minimum Gasteiger partial charge on any atom is -0.508 e. The number of hydrogen-bond donors (Lipinski definition) is 2. The first kappa shape index (κ1) is 19.0. The molecule has 0 spiro atoms. The summed E-state index contributed by atoms with van der Waals surface area (Å²) in [5.74, 6) is -0.594. The second-order valence-corrected chi connectivity index (χ2v) is 7.44. The Morgan fingerprint density at radius 3 is 2.86 bits per heavy atom. The highest BCUT2D eigenvalue weighted by Crippen LogP contribution is 2.29. The zero-order valence-corrected chi connectivity index (χ0v) is 16.2. The maximum Gasteiger partial charge on any atom is 0.228 e. The predicted octanol–water partition coefficient (Wildman–Crippen LogP) is 0.620. The third-order valence-corrected chi connectivity index (χ3v) is 5.29. The molecule has 1 atom stereocenters. The molecule has 3 amide bonds. The lowest BCUT2D eigenvalue weighted by Crippen LogP contribution is -2.42. The van der Waals surface area contributed by atoms with Crippen LogP contribution in [0.1, 0.15) is 24.7 Å². The SMILES string of the molecule is CC(=O)NCc1cc2n(n1)CCN(C(=O)C1CC(=O)N(c3cccc(O)c3)C1)C2. The molecule has 2 N–H and O–H groups in total. The van der Waals surface area contributed by atoms with Crippen LogP contribution in [-0.4, -0.2) is 50.6 Å². The molecule has 1 unspecified atom stereocenters. The zero-order valence-electron chi connectivity index (χ0n) is 16.2. The van der Waals surface area contributed by atoms with E-state index in [1.165, 1.54) is 13.0 Å². The fraction of sp³-hybridized carbons (Fsp3) is 0.400. The number of aromatic hydroxyl groups is 1. The topological polar surface area (TPSA) is 108 Å². The van der Waals surface area contributed by atoms with E-state index >= 15 is 0 Å². The van der Waals surface area contributed by atoms with Gasteiger partial charge in [0.1, 0.15) is 5.75 Å². The van der Waals surface area contributed by atoms with E-state index in [1.54, 1.807) is 28.0 Å². The molecule has 9 nitrogen and oxygen atoms in total. The Morgan fingerprint density at radius 1 is 1.28 bits per heavy atom. The first-order valence-electron chi connectivity index (χ1n) is 9.59. The average molecular weight is 397 g/mol. The number of amides is 3. The minimum atomic E-state index is -0.404. The number of anilines is 1. The van der Waals surface area contributed by atoms with Crippen molar-refractivity contribution in [2.24, 2.45) is 5.92 Å². The first-order chi connectivity index (χ1) is 13.9. The molecule has 29 heavy (non-hydrogen) atoms. The summed E-state index contributed by atoms with van der Waals surface area (Å²) in [4.78, 5) is 39.9. The molecule has 2 aromatic rings. The molecule has 2 aliphatic heterocycles. The summed E-state index contributed by atoms with van der Waals surface area (Å²) in [7, 11) is 0. The van der Waals surface area contributed by atoms with Crippen LogP contribution in [0.5, 0.6) is 5.75 Å². The Hall–Kier alpha value is -3.36. The van der Waals surface area contributed by atoms with Gasteiger partial charge in [0.05, 0.1) is 36.9 Å². The van der Waals surface area contributed by atoms with E-state index in [4.69, 9.17) is 0 Å². The van der Waals surface area contributed by atoms with Gasteiger partial charge in [0, 0.05) is 38.2 Å². The molecular weight excluding hydrogens is 374 g/mol. The summed E-state index contributed by atoms with van der Waals surface area (Å²) in [5, 5.41) is 16.8. The Balaban J connectivity index is 1.42. The number of hydrogen-bond acceptors (Lipinski definition) is 5. The molecule has 0 aliphatic carbocycles. The van der Waals surface area contributed by atoms with E-state index in [1.807, 2.05) is 10.7 Å². The van der Waals surface area contributed by atoms with Gasteiger partial charge in [0.25, 0.3) is 0 Å². The van der Waals surface area contributed by atoms with Crippen LogP contribution in [0.3, 0.4) is 0 Å². The fourth-order valence-corrected chi connectivity index (χ4v) is 3.86. The van der Waals surface area contributed by atoms with Crippen molar-refractivity contribution in [3.63, 3.8) is 0 Å². The number of carbonyl (C=O) groups excluding carboxylic acids is 3. The van der Waals surface area contributed by atoms with Crippen LogP contribution >= 0.6 is 0 Å². The van der Waals surface area contributed by atoms with Crippen molar-refractivity contribution in [1.82, 2.24) is 20.0 Å². The quantitative estimate of drug-likeness (QED) is 0.786. The summed E-state index contributed by atoms with van der Waals surface area (Å²) in [6, 6.07) is 8.40. The minimum absolute atomic E-state index is 0.0446. The van der Waals surface area contributed by atoms with E-state index in [0.717, 1.165) is 11.4 Å². The molecule has 0 bridgehead atoms. The van der Waals surface area contributed by atoms with Crippen molar-refractivity contribution < 1.29 is 19.5 Å². The number of nitrogens with zero attached hydrogens (tertiary/aromatic N) is 4. The lowest BCUT2D eigenvalue weighted by atomic mass is 10.1. The van der Waals surface area contributed by atoms with Crippen LogP contribution < -0.4 is 10.2 Å². The molecule has 2 aliphatic rings. The molecule has 4 rings (SSSR count). The van der Waals surface area contributed by atoms with Crippen LogP contribution in [0.25, 0.3) is 0 Å². The van der Waals surface area contributed by atoms with E-state index in [-0.39, 0.29) is 29.9 Å². The summed E-state index contributed by atoms with van der Waals surface area (Å²) in [6.45, 7) is 3.67. The number of fused-ring (bicyclic) bond motifs is 1. The number of nitrogens with one attached hydrogen (secondary N) is 1. The van der Waals surface area contributed by atoms with Gasteiger partial charge in [0.15, 0.2) is 0 Å². The number of benzene rings is 1. The van der Waals surface area contributed by atoms with Gasteiger partial charge in [-0.05, 0) is 18.2 Å². The van der Waals surface area contributed by atoms with Crippen LogP contribution in [0, 0.1) is 5.92 Å². The molecule has 1 fully saturated rings. The van der Waals surface area contributed by atoms with Crippen molar-refractivity contribution in [2.75, 3.05) is 18.0 Å². The number of aromatic nitrogens is 2. The van der Waals surface area contributed by atoms with Crippen LogP contribution in [0.4, 0.5) is 5.69 Å². The van der Waals surface area contributed by atoms with Crippen molar-refractivity contribution in [3.05, 3.63) is 41.7 Å². The molecule has 0 saturated carbocycles. The first-order valence-corrected chi connectivity index (χ1v) is 9.59. The Labute approximate surface area is 167 Å². The maximum absolute atomic E-state index is 13.0. The van der Waals surface area contributed by atoms with Crippen LogP contribution in [-0.2, 0) is 34.0 Å². The summed E-state index contributed by atoms with van der Waals surface area (Å²) in [6.07, 6.45) is 0.165. The van der Waals surface area contributed by atoms with Crippen molar-refractivity contribution >= 4 is 23.4 Å². The smallest absolute Gasteiger partial charge is 0.228 e. The van der Waals surface area contributed by atoms with E-state index in [2.05, 4.69) is 10.4 Å². The van der Waals surface area contributed by atoms with E-state index < -0.39 is 5.92 Å². The standard InChI is InChI=1S/C20H23N5O4/c1-13(26)21-10-15-8-17-12-23(5-6-25(17)22-15)20(29)14-7-19(28)24(11-14)16-3-2-4-18(27)9-16/h2-4,8-9,14,27H,5-7,10-12H2,1H3,(H,21,26). The Kier molecular flexibility index (Phi) is 4.96. The Morgan fingerprint density at radius 2 is 2.10 bits per heavy atom. The zero-order chi connectivity index (χ0) is 20.5. The maximum atomic E-state index is 13.0. The van der Waals surface area contributed by atoms with Crippen molar-refractivity contribution in [2.45, 2.75) is 33.0 Å². The highest BCUT2D eigenvalue weighted by Gasteiger charge is 2.38. The lowest BCUT2D eigenvalue weighted by Gasteiger charge is -2.29. The van der Waals surface area contributed by atoms with Gasteiger partial charge in [-0.25, -0.2) is 0 Å². The van der Waals surface area contributed by atoms with Gasteiger partial charge in [-0.1, -0.05) is 6.07 Å². The molecule has 3 heterocycles. The van der Waals surface area contributed by atoms with Crippen molar-refractivity contribution in [3.8, 4) is 5.75 Å². The predicted molar refractivity (Wildman–Crippen MR) is 104 cm³/mol.